The summed E-state index contributed by atoms with van der Waals surface area (Å²) in [7, 11) is 0. The van der Waals surface area contributed by atoms with Gasteiger partial charge in [0.2, 0.25) is 0 Å². The van der Waals surface area contributed by atoms with Crippen LogP contribution >= 0.6 is 0 Å². The molecule has 2 aromatic rings. The molecule has 0 unspecified atom stereocenters. The molecule has 1 N–H and O–H groups in total. The van der Waals surface area contributed by atoms with Crippen LogP contribution in [0.1, 0.15) is 41.9 Å². The maximum Gasteiger partial charge on any atom is 0.339 e. The van der Waals surface area contributed by atoms with Crippen molar-refractivity contribution >= 4 is 22.8 Å². The third-order valence-corrected chi connectivity index (χ3v) is 3.91. The molecule has 1 heterocycles. The second-order valence-corrected chi connectivity index (χ2v) is 6.08. The second-order valence-electron chi connectivity index (χ2n) is 6.08. The van der Waals surface area contributed by atoms with Gasteiger partial charge in [0.15, 0.2) is 6.61 Å². The van der Waals surface area contributed by atoms with Crippen LogP contribution in [0.2, 0.25) is 0 Å². The van der Waals surface area contributed by atoms with Crippen LogP contribution in [0.15, 0.2) is 24.3 Å². The van der Waals surface area contributed by atoms with Crippen molar-refractivity contribution in [3.8, 4) is 0 Å². The number of rotatable bonds is 4. The van der Waals surface area contributed by atoms with Crippen molar-refractivity contribution in [3.63, 3.8) is 0 Å². The highest BCUT2D eigenvalue weighted by Gasteiger charge is 2.25. The first-order chi connectivity index (χ1) is 11.1. The lowest BCUT2D eigenvalue weighted by Crippen LogP contribution is -2.34. The number of nitrogens with one attached hydrogen (secondary N) is 1. The molecule has 120 valence electrons. The van der Waals surface area contributed by atoms with Gasteiger partial charge in [-0.05, 0) is 44.7 Å². The Morgan fingerprint density at radius 2 is 2.04 bits per heavy atom. The van der Waals surface area contributed by atoms with Gasteiger partial charge in [-0.1, -0.05) is 18.2 Å². The number of para-hydroxylation sites is 1. The van der Waals surface area contributed by atoms with Gasteiger partial charge in [0.25, 0.3) is 5.91 Å². The largest absolute Gasteiger partial charge is 0.452 e. The van der Waals surface area contributed by atoms with E-state index in [0.29, 0.717) is 5.56 Å². The van der Waals surface area contributed by atoms with Crippen LogP contribution in [-0.4, -0.2) is 29.5 Å². The number of carbonyl (C=O) groups excluding carboxylic acids is 2. The van der Waals surface area contributed by atoms with Gasteiger partial charge in [-0.2, -0.15) is 0 Å². The van der Waals surface area contributed by atoms with Crippen LogP contribution in [0.4, 0.5) is 0 Å². The Morgan fingerprint density at radius 3 is 2.83 bits per heavy atom. The Morgan fingerprint density at radius 1 is 1.26 bits per heavy atom. The van der Waals surface area contributed by atoms with E-state index >= 15 is 0 Å². The summed E-state index contributed by atoms with van der Waals surface area (Å²) in [5.74, 6) is -0.732. The fourth-order valence-corrected chi connectivity index (χ4v) is 3.01. The molecule has 1 aliphatic carbocycles. The Balaban J connectivity index is 1.90. The third kappa shape index (κ3) is 3.18. The number of hydrogen-bond acceptors (Lipinski definition) is 4. The zero-order chi connectivity index (χ0) is 16.4. The zero-order valence-corrected chi connectivity index (χ0v) is 13.4. The highest BCUT2D eigenvalue weighted by Crippen LogP contribution is 2.30. The van der Waals surface area contributed by atoms with Crippen molar-refractivity contribution in [2.45, 2.75) is 39.2 Å². The minimum Gasteiger partial charge on any atom is -0.452 e. The maximum absolute atomic E-state index is 12.6. The molecular weight excluding hydrogens is 292 g/mol. The summed E-state index contributed by atoms with van der Waals surface area (Å²) in [5.41, 5.74) is 3.31. The van der Waals surface area contributed by atoms with E-state index in [1.807, 2.05) is 38.1 Å². The number of ether oxygens (including phenoxy) is 1. The number of amides is 1. The van der Waals surface area contributed by atoms with Crippen molar-refractivity contribution < 1.29 is 14.3 Å². The van der Waals surface area contributed by atoms with Crippen molar-refractivity contribution in [3.05, 3.63) is 41.1 Å². The standard InChI is InChI=1S/C18H20N2O3/c1-11(2)19-16(21)10-23-18(22)17-12-6-3-4-8-14(12)20-15-9-5-7-13(15)17/h3-4,6,8,11H,5,7,9-10H2,1-2H3,(H,19,21). The Kier molecular flexibility index (Phi) is 4.28. The SMILES string of the molecule is CC(C)NC(=O)COC(=O)c1c2c(nc3ccccc13)CCC2. The van der Waals surface area contributed by atoms with Gasteiger partial charge < -0.3 is 10.1 Å². The van der Waals surface area contributed by atoms with Gasteiger partial charge in [-0.25, -0.2) is 4.79 Å². The van der Waals surface area contributed by atoms with Gasteiger partial charge >= 0.3 is 5.97 Å². The molecule has 5 nitrogen and oxygen atoms in total. The quantitative estimate of drug-likeness (QED) is 0.880. The average molecular weight is 312 g/mol. The number of pyridine rings is 1. The maximum atomic E-state index is 12.6. The summed E-state index contributed by atoms with van der Waals surface area (Å²) in [5, 5.41) is 3.50. The van der Waals surface area contributed by atoms with Crippen LogP contribution in [0, 0.1) is 0 Å². The predicted molar refractivity (Wildman–Crippen MR) is 87.3 cm³/mol. The minimum absolute atomic E-state index is 0.0206. The molecular formula is C18H20N2O3. The summed E-state index contributed by atoms with van der Waals surface area (Å²) < 4.78 is 5.25. The summed E-state index contributed by atoms with van der Waals surface area (Å²) >= 11 is 0. The first kappa shape index (κ1) is 15.5. The van der Waals surface area contributed by atoms with Crippen molar-refractivity contribution in [1.29, 1.82) is 0 Å². The zero-order valence-electron chi connectivity index (χ0n) is 13.4. The van der Waals surface area contributed by atoms with Gasteiger partial charge in [0.1, 0.15) is 0 Å². The van der Waals surface area contributed by atoms with E-state index < -0.39 is 5.97 Å². The molecule has 1 amide bonds. The monoisotopic (exact) mass is 312 g/mol. The van der Waals surface area contributed by atoms with E-state index in [-0.39, 0.29) is 18.6 Å². The lowest BCUT2D eigenvalue weighted by Gasteiger charge is -2.13. The van der Waals surface area contributed by atoms with Gasteiger partial charge in [-0.3, -0.25) is 9.78 Å². The molecule has 0 aliphatic heterocycles. The lowest BCUT2D eigenvalue weighted by molar-refractivity contribution is -0.124. The van der Waals surface area contributed by atoms with Crippen LogP contribution < -0.4 is 5.32 Å². The molecule has 0 radical (unpaired) electrons. The molecule has 0 atom stereocenters. The molecule has 5 heteroatoms. The van der Waals surface area contributed by atoms with Gasteiger partial charge in [0.05, 0.1) is 11.1 Å². The van der Waals surface area contributed by atoms with Crippen LogP contribution in [-0.2, 0) is 22.4 Å². The fraction of sp³-hybridized carbons (Fsp3) is 0.389. The third-order valence-electron chi connectivity index (χ3n) is 3.91. The molecule has 1 aromatic heterocycles. The van der Waals surface area contributed by atoms with E-state index in [9.17, 15) is 9.59 Å². The molecule has 3 rings (SSSR count). The van der Waals surface area contributed by atoms with Crippen LogP contribution in [0.3, 0.4) is 0 Å². The lowest BCUT2D eigenvalue weighted by atomic mass is 10.0. The van der Waals surface area contributed by atoms with E-state index in [1.165, 1.54) is 0 Å². The number of nitrogens with zero attached hydrogens (tertiary/aromatic N) is 1. The number of carbonyl (C=O) groups is 2. The number of fused-ring (bicyclic) bond motifs is 2. The predicted octanol–water partition coefficient (Wildman–Crippen LogP) is 2.40. The molecule has 1 aromatic carbocycles. The molecule has 0 saturated heterocycles. The van der Waals surface area contributed by atoms with E-state index in [0.717, 1.165) is 41.4 Å². The van der Waals surface area contributed by atoms with Crippen molar-refractivity contribution in [1.82, 2.24) is 10.3 Å². The van der Waals surface area contributed by atoms with Crippen LogP contribution in [0.25, 0.3) is 10.9 Å². The fourth-order valence-electron chi connectivity index (χ4n) is 3.01. The minimum atomic E-state index is -0.444. The molecule has 23 heavy (non-hydrogen) atoms. The number of aromatic nitrogens is 1. The molecule has 0 fully saturated rings. The Hall–Kier alpha value is -2.43. The van der Waals surface area contributed by atoms with E-state index in [4.69, 9.17) is 4.74 Å². The van der Waals surface area contributed by atoms with E-state index in [1.54, 1.807) is 0 Å². The smallest absolute Gasteiger partial charge is 0.339 e. The summed E-state index contributed by atoms with van der Waals surface area (Å²) in [4.78, 5) is 28.9. The van der Waals surface area contributed by atoms with Gasteiger partial charge in [-0.15, -0.1) is 0 Å². The second kappa shape index (κ2) is 6.36. The number of hydrogen-bond donors (Lipinski definition) is 1. The molecule has 0 bridgehead atoms. The number of aryl methyl sites for hydroxylation is 1. The van der Waals surface area contributed by atoms with Crippen LogP contribution in [0.5, 0.6) is 0 Å². The molecule has 1 aliphatic rings. The highest BCUT2D eigenvalue weighted by molar-refractivity contribution is 6.05. The highest BCUT2D eigenvalue weighted by atomic mass is 16.5. The Bertz CT molecular complexity index is 768. The van der Waals surface area contributed by atoms with Crippen molar-refractivity contribution in [2.24, 2.45) is 0 Å². The van der Waals surface area contributed by atoms with Gasteiger partial charge in [0, 0.05) is 17.1 Å². The molecule has 0 spiro atoms. The summed E-state index contributed by atoms with van der Waals surface area (Å²) in [6, 6.07) is 7.59. The first-order valence-corrected chi connectivity index (χ1v) is 7.93. The number of esters is 1. The normalized spacial score (nSPS) is 13.2. The molecule has 0 saturated carbocycles. The van der Waals surface area contributed by atoms with E-state index in [2.05, 4.69) is 10.3 Å². The summed E-state index contributed by atoms with van der Waals surface area (Å²) in [6.07, 6.45) is 2.71. The first-order valence-electron chi connectivity index (χ1n) is 7.93. The number of benzene rings is 1. The van der Waals surface area contributed by atoms with Crippen molar-refractivity contribution in [2.75, 3.05) is 6.61 Å². The topological polar surface area (TPSA) is 68.3 Å². The average Bonchev–Trinajstić information content (AvgIpc) is 2.97. The Labute approximate surface area is 135 Å². The summed E-state index contributed by atoms with van der Waals surface area (Å²) in [6.45, 7) is 3.47.